The number of rotatable bonds is 10. The molecule has 152 valence electrons. The van der Waals surface area contributed by atoms with E-state index in [9.17, 15) is 4.79 Å². The van der Waals surface area contributed by atoms with Crippen LogP contribution in [0.5, 0.6) is 0 Å². The molecule has 0 heterocycles. The normalized spacial score (nSPS) is 13.4. The Morgan fingerprint density at radius 2 is 1.85 bits per heavy atom. The summed E-state index contributed by atoms with van der Waals surface area (Å²) in [5.74, 6) is 7.06. The standard InChI is InChI=1S/C24H38O3/c1-9-12-17-22(20(5)26-11-3)18-21(14-10-2)16-13-15-19(4)23(25)27-24(6,7)8/h15,18,21H,5,9-11,13-14,16H2,1-4,6-8H3. The number of esters is 1. The van der Waals surface area contributed by atoms with Gasteiger partial charge in [-0.2, -0.15) is 0 Å². The highest BCUT2D eigenvalue weighted by Crippen LogP contribution is 2.21. The van der Waals surface area contributed by atoms with E-state index < -0.39 is 5.60 Å². The van der Waals surface area contributed by atoms with Crippen molar-refractivity contribution in [3.05, 3.63) is 35.6 Å². The molecule has 0 bridgehead atoms. The van der Waals surface area contributed by atoms with Crippen LogP contribution in [0.15, 0.2) is 35.6 Å². The van der Waals surface area contributed by atoms with Crippen LogP contribution in [0, 0.1) is 17.8 Å². The van der Waals surface area contributed by atoms with Gasteiger partial charge in [-0.05, 0) is 59.8 Å². The maximum absolute atomic E-state index is 12.1. The first kappa shape index (κ1) is 25.1. The largest absolute Gasteiger partial charge is 0.493 e. The molecule has 0 amide bonds. The van der Waals surface area contributed by atoms with Crippen LogP contribution in [-0.2, 0) is 14.3 Å². The summed E-state index contributed by atoms with van der Waals surface area (Å²) in [4.78, 5) is 12.1. The Morgan fingerprint density at radius 1 is 1.19 bits per heavy atom. The summed E-state index contributed by atoms with van der Waals surface area (Å²) in [5, 5.41) is 0. The Hall–Kier alpha value is -1.95. The molecule has 0 rings (SSSR count). The lowest BCUT2D eigenvalue weighted by atomic mass is 9.94. The Kier molecular flexibility index (Phi) is 12.3. The van der Waals surface area contributed by atoms with Crippen LogP contribution in [0.1, 0.15) is 80.6 Å². The molecule has 0 saturated heterocycles. The maximum Gasteiger partial charge on any atom is 0.333 e. The van der Waals surface area contributed by atoms with Crippen molar-refractivity contribution in [2.24, 2.45) is 5.92 Å². The van der Waals surface area contributed by atoms with Gasteiger partial charge >= 0.3 is 5.97 Å². The Bertz CT molecular complexity index is 591. The number of allylic oxidation sites excluding steroid dienone is 3. The fourth-order valence-corrected chi connectivity index (χ4v) is 2.51. The summed E-state index contributed by atoms with van der Waals surface area (Å²) in [7, 11) is 0. The first-order valence-electron chi connectivity index (χ1n) is 10.1. The molecule has 0 N–H and O–H groups in total. The zero-order chi connectivity index (χ0) is 20.9. The van der Waals surface area contributed by atoms with Gasteiger partial charge in [0.2, 0.25) is 0 Å². The molecule has 27 heavy (non-hydrogen) atoms. The van der Waals surface area contributed by atoms with Crippen molar-refractivity contribution in [2.75, 3.05) is 6.61 Å². The summed E-state index contributed by atoms with van der Waals surface area (Å²) in [6.07, 6.45) is 8.88. The smallest absolute Gasteiger partial charge is 0.333 e. The molecule has 3 nitrogen and oxygen atoms in total. The second-order valence-corrected chi connectivity index (χ2v) is 7.61. The van der Waals surface area contributed by atoms with Crippen LogP contribution in [0.25, 0.3) is 0 Å². The predicted molar refractivity (Wildman–Crippen MR) is 114 cm³/mol. The molecule has 0 aromatic rings. The topological polar surface area (TPSA) is 35.5 Å². The number of hydrogen-bond donors (Lipinski definition) is 0. The van der Waals surface area contributed by atoms with E-state index in [1.807, 2.05) is 47.6 Å². The lowest BCUT2D eigenvalue weighted by Crippen LogP contribution is -2.24. The van der Waals surface area contributed by atoms with Crippen molar-refractivity contribution in [1.82, 2.24) is 0 Å². The minimum Gasteiger partial charge on any atom is -0.493 e. The number of hydrogen-bond acceptors (Lipinski definition) is 3. The summed E-state index contributed by atoms with van der Waals surface area (Å²) in [5.41, 5.74) is 1.07. The molecule has 0 aliphatic heterocycles. The average Bonchev–Trinajstić information content (AvgIpc) is 2.56. The maximum atomic E-state index is 12.1. The Morgan fingerprint density at radius 3 is 2.37 bits per heavy atom. The second-order valence-electron chi connectivity index (χ2n) is 7.61. The van der Waals surface area contributed by atoms with Crippen LogP contribution in [-0.4, -0.2) is 18.2 Å². The lowest BCUT2D eigenvalue weighted by molar-refractivity contribution is -0.149. The first-order valence-corrected chi connectivity index (χ1v) is 10.1. The molecule has 3 heteroatoms. The van der Waals surface area contributed by atoms with Gasteiger partial charge in [-0.3, -0.25) is 0 Å². The molecule has 0 radical (unpaired) electrons. The molecule has 1 unspecified atom stereocenters. The lowest BCUT2D eigenvalue weighted by Gasteiger charge is -2.19. The Balaban J connectivity index is 5.12. The van der Waals surface area contributed by atoms with E-state index in [0.29, 0.717) is 23.9 Å². The molecule has 1 atom stereocenters. The Labute approximate surface area is 166 Å². The van der Waals surface area contributed by atoms with Gasteiger partial charge in [-0.15, -0.1) is 0 Å². The summed E-state index contributed by atoms with van der Waals surface area (Å²) < 4.78 is 11.0. The van der Waals surface area contributed by atoms with Gasteiger partial charge in [0.1, 0.15) is 11.4 Å². The molecule has 0 fully saturated rings. The third-order valence-electron chi connectivity index (χ3n) is 3.79. The van der Waals surface area contributed by atoms with Crippen LogP contribution in [0.4, 0.5) is 0 Å². The van der Waals surface area contributed by atoms with Crippen molar-refractivity contribution in [1.29, 1.82) is 0 Å². The van der Waals surface area contributed by atoms with Crippen molar-refractivity contribution in [3.63, 3.8) is 0 Å². The van der Waals surface area contributed by atoms with Crippen LogP contribution < -0.4 is 0 Å². The molecule has 0 saturated carbocycles. The third kappa shape index (κ3) is 12.1. The molecule has 0 spiro atoms. The minimum atomic E-state index is -0.466. The fourth-order valence-electron chi connectivity index (χ4n) is 2.51. The van der Waals surface area contributed by atoms with Crippen molar-refractivity contribution >= 4 is 5.97 Å². The summed E-state index contributed by atoms with van der Waals surface area (Å²) in [6, 6.07) is 0. The highest BCUT2D eigenvalue weighted by atomic mass is 16.6. The first-order chi connectivity index (χ1) is 12.6. The monoisotopic (exact) mass is 374 g/mol. The van der Waals surface area contributed by atoms with Crippen molar-refractivity contribution in [3.8, 4) is 11.8 Å². The van der Waals surface area contributed by atoms with E-state index in [0.717, 1.165) is 37.7 Å². The van der Waals surface area contributed by atoms with Crippen LogP contribution in [0.2, 0.25) is 0 Å². The van der Waals surface area contributed by atoms with Gasteiger partial charge < -0.3 is 9.47 Å². The number of carbonyl (C=O) groups excluding carboxylic acids is 1. The van der Waals surface area contributed by atoms with Gasteiger partial charge in [0, 0.05) is 12.0 Å². The van der Waals surface area contributed by atoms with Crippen LogP contribution in [0.3, 0.4) is 0 Å². The van der Waals surface area contributed by atoms with E-state index in [-0.39, 0.29) is 5.97 Å². The summed E-state index contributed by atoms with van der Waals surface area (Å²) in [6.45, 7) is 18.2. The van der Waals surface area contributed by atoms with Crippen molar-refractivity contribution in [2.45, 2.75) is 86.2 Å². The molecule has 0 aliphatic rings. The summed E-state index contributed by atoms with van der Waals surface area (Å²) >= 11 is 0. The molecular formula is C24H38O3. The van der Waals surface area contributed by atoms with Crippen LogP contribution >= 0.6 is 0 Å². The van der Waals surface area contributed by atoms with Gasteiger partial charge in [-0.25, -0.2) is 4.79 Å². The number of ether oxygens (including phenoxy) is 2. The fraction of sp³-hybridized carbons (Fsp3) is 0.625. The quantitative estimate of drug-likeness (QED) is 0.147. The molecular weight excluding hydrogens is 336 g/mol. The highest BCUT2D eigenvalue weighted by molar-refractivity contribution is 5.87. The highest BCUT2D eigenvalue weighted by Gasteiger charge is 2.17. The number of carbonyl (C=O) groups is 1. The predicted octanol–water partition coefficient (Wildman–Crippen LogP) is 6.36. The van der Waals surface area contributed by atoms with E-state index in [2.05, 4.69) is 31.4 Å². The van der Waals surface area contributed by atoms with E-state index in [1.54, 1.807) is 0 Å². The molecule has 0 aromatic heterocycles. The zero-order valence-electron chi connectivity index (χ0n) is 18.4. The minimum absolute atomic E-state index is 0.246. The van der Waals surface area contributed by atoms with Gasteiger partial charge in [0.05, 0.1) is 12.2 Å². The van der Waals surface area contributed by atoms with Gasteiger partial charge in [0.15, 0.2) is 0 Å². The van der Waals surface area contributed by atoms with E-state index in [4.69, 9.17) is 9.47 Å². The van der Waals surface area contributed by atoms with E-state index in [1.165, 1.54) is 0 Å². The molecule has 0 aromatic carbocycles. The van der Waals surface area contributed by atoms with Gasteiger partial charge in [0.25, 0.3) is 0 Å². The van der Waals surface area contributed by atoms with Crippen molar-refractivity contribution < 1.29 is 14.3 Å². The third-order valence-corrected chi connectivity index (χ3v) is 3.79. The SMILES string of the molecule is C=C(OCC)C(C#CCC)=CC(CCC)CCC=C(C)C(=O)OC(C)(C)C. The average molecular weight is 375 g/mol. The molecule has 0 aliphatic carbocycles. The second kappa shape index (κ2) is 13.3. The zero-order valence-corrected chi connectivity index (χ0v) is 18.4. The van der Waals surface area contributed by atoms with Gasteiger partial charge in [-0.1, -0.05) is 50.8 Å². The van der Waals surface area contributed by atoms with E-state index >= 15 is 0 Å².